The minimum atomic E-state index is -3.92. The van der Waals surface area contributed by atoms with Crippen molar-refractivity contribution in [3.63, 3.8) is 0 Å². The zero-order valence-corrected chi connectivity index (χ0v) is 12.1. The van der Waals surface area contributed by atoms with Gasteiger partial charge >= 0.3 is 11.9 Å². The van der Waals surface area contributed by atoms with Crippen molar-refractivity contribution >= 4 is 34.1 Å². The number of carbonyl (C=O) groups excluding carboxylic acids is 3. The van der Waals surface area contributed by atoms with Crippen molar-refractivity contribution in [1.82, 2.24) is 10.2 Å². The summed E-state index contributed by atoms with van der Waals surface area (Å²) in [5, 5.41) is 9.82. The summed E-state index contributed by atoms with van der Waals surface area (Å²) < 4.78 is 29.0. The van der Waals surface area contributed by atoms with Gasteiger partial charge in [0, 0.05) is 12.5 Å². The summed E-state index contributed by atoms with van der Waals surface area (Å²) in [6.45, 7) is 0.540. The first-order valence-corrected chi connectivity index (χ1v) is 7.75. The van der Waals surface area contributed by atoms with Gasteiger partial charge in [0.1, 0.15) is 18.3 Å². The lowest BCUT2D eigenvalue weighted by molar-refractivity contribution is -0.150. The van der Waals surface area contributed by atoms with Crippen LogP contribution in [0.5, 0.6) is 0 Å². The first kappa shape index (κ1) is 15.9. The van der Waals surface area contributed by atoms with Crippen LogP contribution in [0.15, 0.2) is 11.3 Å². The Hall–Kier alpha value is -2.43. The lowest BCUT2D eigenvalue weighted by Crippen LogP contribution is -2.74. The largest absolute Gasteiger partial charge is 0.477 e. The van der Waals surface area contributed by atoms with Gasteiger partial charge in [0.2, 0.25) is 6.41 Å². The van der Waals surface area contributed by atoms with Crippen LogP contribution in [0.2, 0.25) is 0 Å². The molecule has 11 heteroatoms. The molecule has 120 valence electrons. The summed E-state index contributed by atoms with van der Waals surface area (Å²) >= 11 is 0. The molecule has 22 heavy (non-hydrogen) atoms. The Morgan fingerprint density at radius 2 is 2.14 bits per heavy atom. The molecule has 1 fully saturated rings. The van der Waals surface area contributed by atoms with E-state index in [2.05, 4.69) is 10.1 Å². The Kier molecular flexibility index (Phi) is 3.92. The number of carboxylic acid groups (broad SMARTS) is 1. The molecule has 2 aliphatic heterocycles. The molecule has 0 saturated carbocycles. The van der Waals surface area contributed by atoms with Gasteiger partial charge in [0.05, 0.1) is 5.75 Å². The van der Waals surface area contributed by atoms with Gasteiger partial charge in [-0.2, -0.15) is 0 Å². The van der Waals surface area contributed by atoms with Crippen LogP contribution in [0.25, 0.3) is 0 Å². The normalized spacial score (nSPS) is 25.9. The van der Waals surface area contributed by atoms with Crippen LogP contribution in [0, 0.1) is 0 Å². The molecule has 0 aromatic rings. The number of fused-ring (bicyclic) bond motifs is 1. The number of carbonyl (C=O) groups is 4. The summed E-state index contributed by atoms with van der Waals surface area (Å²) in [5.74, 6) is -3.75. The number of carboxylic acids is 1. The highest BCUT2D eigenvalue weighted by Crippen LogP contribution is 2.36. The van der Waals surface area contributed by atoms with Crippen LogP contribution < -0.4 is 5.32 Å². The van der Waals surface area contributed by atoms with E-state index in [0.29, 0.717) is 4.90 Å². The molecule has 0 aromatic heterocycles. The summed E-state index contributed by atoms with van der Waals surface area (Å²) in [4.78, 5) is 45.1. The van der Waals surface area contributed by atoms with Gasteiger partial charge < -0.3 is 15.2 Å². The molecule has 1 saturated heterocycles. The van der Waals surface area contributed by atoms with Crippen molar-refractivity contribution in [1.29, 1.82) is 0 Å². The predicted molar refractivity (Wildman–Crippen MR) is 68.7 cm³/mol. The van der Waals surface area contributed by atoms with Crippen LogP contribution in [0.3, 0.4) is 0 Å². The average molecular weight is 332 g/mol. The number of nitrogens with zero attached hydrogens (tertiary/aromatic N) is 1. The van der Waals surface area contributed by atoms with Gasteiger partial charge in [-0.15, -0.1) is 0 Å². The Morgan fingerprint density at radius 1 is 1.50 bits per heavy atom. The number of aliphatic carboxylic acids is 1. The number of hydrogen-bond donors (Lipinski definition) is 2. The standard InChI is InChI=1S/C11H12N2O8S/c1-5(15)21-2-6-3-22(19,20)10-7(12-4-14)9(16)13(10)8(6)11(17)18/h4,7,10H,2-3H2,1H3,(H,12,14)(H,17,18)/t7-,10-/m1/s1. The number of sulfone groups is 1. The molecule has 2 atom stereocenters. The lowest BCUT2D eigenvalue weighted by Gasteiger charge is -2.48. The maximum absolute atomic E-state index is 12.2. The first-order valence-electron chi connectivity index (χ1n) is 6.03. The van der Waals surface area contributed by atoms with E-state index in [1.54, 1.807) is 0 Å². The van der Waals surface area contributed by atoms with E-state index in [-0.39, 0.29) is 12.0 Å². The summed E-state index contributed by atoms with van der Waals surface area (Å²) in [6, 6.07) is -1.31. The third-order valence-corrected chi connectivity index (χ3v) is 5.23. The van der Waals surface area contributed by atoms with E-state index in [9.17, 15) is 32.7 Å². The van der Waals surface area contributed by atoms with Gasteiger partial charge in [-0.25, -0.2) is 13.2 Å². The summed E-state index contributed by atoms with van der Waals surface area (Å²) in [5.41, 5.74) is -0.730. The third kappa shape index (κ3) is 2.43. The Balaban J connectivity index is 2.45. The molecule has 0 unspecified atom stereocenters. The highest BCUT2D eigenvalue weighted by Gasteiger charge is 2.60. The second-order valence-electron chi connectivity index (χ2n) is 4.71. The molecule has 10 nitrogen and oxygen atoms in total. The van der Waals surface area contributed by atoms with Crippen LogP contribution in [-0.4, -0.2) is 66.5 Å². The van der Waals surface area contributed by atoms with Gasteiger partial charge in [0.15, 0.2) is 15.2 Å². The van der Waals surface area contributed by atoms with Gasteiger partial charge in [-0.1, -0.05) is 0 Å². The Morgan fingerprint density at radius 3 is 2.64 bits per heavy atom. The molecule has 2 rings (SSSR count). The van der Waals surface area contributed by atoms with Crippen LogP contribution in [0.4, 0.5) is 0 Å². The van der Waals surface area contributed by atoms with Crippen LogP contribution in [-0.2, 0) is 33.8 Å². The Bertz CT molecular complexity index is 695. The fourth-order valence-electron chi connectivity index (χ4n) is 2.42. The van der Waals surface area contributed by atoms with Crippen molar-refractivity contribution in [2.24, 2.45) is 0 Å². The van der Waals surface area contributed by atoms with Crippen molar-refractivity contribution in [3.8, 4) is 0 Å². The number of amides is 2. The molecule has 0 radical (unpaired) electrons. The fraction of sp³-hybridized carbons (Fsp3) is 0.455. The molecule has 2 amide bonds. The quantitative estimate of drug-likeness (QED) is 0.322. The summed E-state index contributed by atoms with van der Waals surface area (Å²) in [6.07, 6.45) is 0.175. The molecule has 0 aliphatic carbocycles. The number of nitrogens with one attached hydrogen (secondary N) is 1. The predicted octanol–water partition coefficient (Wildman–Crippen LogP) is -2.40. The second kappa shape index (κ2) is 5.40. The highest BCUT2D eigenvalue weighted by atomic mass is 32.2. The van der Waals surface area contributed by atoms with Crippen molar-refractivity contribution in [2.75, 3.05) is 12.4 Å². The van der Waals surface area contributed by atoms with Crippen LogP contribution in [0.1, 0.15) is 6.92 Å². The zero-order valence-electron chi connectivity index (χ0n) is 11.3. The monoisotopic (exact) mass is 332 g/mol. The van der Waals surface area contributed by atoms with Crippen molar-refractivity contribution in [3.05, 3.63) is 11.3 Å². The van der Waals surface area contributed by atoms with E-state index < -0.39 is 57.2 Å². The fourth-order valence-corrected chi connectivity index (χ4v) is 4.43. The maximum atomic E-state index is 12.2. The SMILES string of the molecule is CC(=O)OCC1=C(C(=O)O)N2C(=O)[C@@H](NC=O)[C@H]2S(=O)(=O)C1. The molecular formula is C11H12N2O8S. The van der Waals surface area contributed by atoms with Crippen molar-refractivity contribution in [2.45, 2.75) is 18.3 Å². The number of esters is 1. The van der Waals surface area contributed by atoms with Crippen molar-refractivity contribution < 1.29 is 37.4 Å². The average Bonchev–Trinajstić information content (AvgIpc) is 2.40. The van der Waals surface area contributed by atoms with Crippen LogP contribution >= 0.6 is 0 Å². The molecule has 0 bridgehead atoms. The van der Waals surface area contributed by atoms with E-state index >= 15 is 0 Å². The molecular weight excluding hydrogens is 320 g/mol. The second-order valence-corrected chi connectivity index (χ2v) is 6.80. The van der Waals surface area contributed by atoms with E-state index in [1.807, 2.05) is 0 Å². The summed E-state index contributed by atoms with van der Waals surface area (Å²) in [7, 11) is -3.92. The lowest BCUT2D eigenvalue weighted by atomic mass is 10.0. The highest BCUT2D eigenvalue weighted by molar-refractivity contribution is 7.92. The van der Waals surface area contributed by atoms with E-state index in [1.165, 1.54) is 0 Å². The number of ether oxygens (including phenoxy) is 1. The Labute approximate surface area is 124 Å². The van der Waals surface area contributed by atoms with Gasteiger partial charge in [-0.05, 0) is 0 Å². The molecule has 0 aromatic carbocycles. The molecule has 2 aliphatic rings. The van der Waals surface area contributed by atoms with Gasteiger partial charge in [0.25, 0.3) is 5.91 Å². The maximum Gasteiger partial charge on any atom is 0.352 e. The number of hydrogen-bond acceptors (Lipinski definition) is 7. The molecule has 2 heterocycles. The smallest absolute Gasteiger partial charge is 0.352 e. The number of rotatable bonds is 5. The van der Waals surface area contributed by atoms with E-state index in [0.717, 1.165) is 6.92 Å². The minimum Gasteiger partial charge on any atom is -0.477 e. The first-order chi connectivity index (χ1) is 10.2. The van der Waals surface area contributed by atoms with E-state index in [4.69, 9.17) is 0 Å². The molecule has 0 spiro atoms. The topological polar surface area (TPSA) is 147 Å². The third-order valence-electron chi connectivity index (χ3n) is 3.26. The van der Waals surface area contributed by atoms with Gasteiger partial charge in [-0.3, -0.25) is 19.3 Å². The minimum absolute atomic E-state index is 0.175. The zero-order chi connectivity index (χ0) is 16.7. The number of β-lactam (4-membered cyclic amide) rings is 1. The molecule has 2 N–H and O–H groups in total.